The minimum atomic E-state index is -0.699. The predicted molar refractivity (Wildman–Crippen MR) is 273 cm³/mol. The van der Waals surface area contributed by atoms with Crippen LogP contribution in [0.4, 0.5) is 5.69 Å². The number of Topliss-reactive ketones (excluding diaryl/α,β-unsaturated/α-hetero) is 1. The normalized spacial score (nSPS) is 12.7. The molecule has 5 rings (SSSR count). The van der Waals surface area contributed by atoms with E-state index in [0.717, 1.165) is 78.1 Å². The van der Waals surface area contributed by atoms with Gasteiger partial charge in [-0.3, -0.25) is 10.1 Å². The molecule has 68 heavy (non-hydrogen) atoms. The van der Waals surface area contributed by atoms with Crippen LogP contribution in [0.3, 0.4) is 0 Å². The number of hydrogen-bond acceptors (Lipinski definition) is 8. The second-order valence-corrected chi connectivity index (χ2v) is 15.8. The molecule has 0 fully saturated rings. The molecule has 1 unspecified atom stereocenters. The van der Waals surface area contributed by atoms with Crippen molar-refractivity contribution in [2.24, 2.45) is 0 Å². The Hall–Kier alpha value is -8.12. The van der Waals surface area contributed by atoms with E-state index in [-0.39, 0.29) is 29.3 Å². The van der Waals surface area contributed by atoms with Gasteiger partial charge in [-0.1, -0.05) is 130 Å². The summed E-state index contributed by atoms with van der Waals surface area (Å²) in [4.78, 5) is 39.5. The average molecular weight is 909 g/mol. The maximum atomic E-state index is 13.1. The molecule has 0 spiro atoms. The zero-order chi connectivity index (χ0) is 48.5. The summed E-state index contributed by atoms with van der Waals surface area (Å²) < 4.78 is 19.5. The van der Waals surface area contributed by atoms with Gasteiger partial charge in [-0.05, 0) is 109 Å². The topological polar surface area (TPSA) is 138 Å². The van der Waals surface area contributed by atoms with E-state index in [9.17, 15) is 25.0 Å². The smallest absolute Gasteiger partial charge is 0.348 e. The lowest BCUT2D eigenvalue weighted by molar-refractivity contribution is -0.384. The number of carbonyl (C=O) groups excluding carboxylic acids is 2. The van der Waals surface area contributed by atoms with Gasteiger partial charge >= 0.3 is 5.97 Å². The van der Waals surface area contributed by atoms with Crippen molar-refractivity contribution in [3.63, 3.8) is 0 Å². The lowest BCUT2D eigenvalue weighted by atomic mass is 10.0. The summed E-state index contributed by atoms with van der Waals surface area (Å²) in [6.07, 6.45) is 31.4. The number of hydrogen-bond donors (Lipinski definition) is 0. The number of methoxy groups -OCH3 is 1. The molecule has 5 aromatic rings. The first-order valence-electron chi connectivity index (χ1n) is 22.6. The van der Waals surface area contributed by atoms with Gasteiger partial charge < -0.3 is 23.6 Å². The van der Waals surface area contributed by atoms with Crippen LogP contribution in [0.5, 0.6) is 5.75 Å². The SMILES string of the molecule is [C-]#[N+]/C(=C/c1ccc2c(c1)c1cc(/C=C(\C#N)C(=O)OCCCCCCCCCCOC)ccc1n2C(/C=C/C=C/C=C/C=C/C=C)Oc1ccc(/C=C/c2ccc([N+](=O)[O-])cc2)cc1)C(C)=O. The summed E-state index contributed by atoms with van der Waals surface area (Å²) in [6.45, 7) is 13.7. The van der Waals surface area contributed by atoms with Crippen molar-refractivity contribution >= 4 is 63.5 Å². The molecule has 1 heterocycles. The minimum Gasteiger partial charge on any atom is -0.467 e. The quantitative estimate of drug-likeness (QED) is 0.00615. The molecule has 0 aliphatic heterocycles. The number of nitro groups is 1. The number of ether oxygens (including phenoxy) is 3. The van der Waals surface area contributed by atoms with Crippen molar-refractivity contribution in [1.82, 2.24) is 4.57 Å². The molecule has 11 nitrogen and oxygen atoms in total. The Morgan fingerprint density at radius 1 is 0.750 bits per heavy atom. The van der Waals surface area contributed by atoms with Crippen molar-refractivity contribution in [3.8, 4) is 11.8 Å². The summed E-state index contributed by atoms with van der Waals surface area (Å²) in [6, 6.07) is 27.2. The lowest BCUT2D eigenvalue weighted by Crippen LogP contribution is -2.13. The van der Waals surface area contributed by atoms with Crippen molar-refractivity contribution in [3.05, 3.63) is 201 Å². The van der Waals surface area contributed by atoms with E-state index in [1.165, 1.54) is 38.0 Å². The van der Waals surface area contributed by atoms with Crippen LogP contribution in [-0.4, -0.2) is 41.6 Å². The first kappa shape index (κ1) is 50.9. The Morgan fingerprint density at radius 3 is 1.79 bits per heavy atom. The molecule has 346 valence electrons. The second-order valence-electron chi connectivity index (χ2n) is 15.8. The maximum Gasteiger partial charge on any atom is 0.348 e. The van der Waals surface area contributed by atoms with Gasteiger partial charge in [0.25, 0.3) is 5.69 Å². The van der Waals surface area contributed by atoms with Gasteiger partial charge in [0.15, 0.2) is 12.0 Å². The number of aromatic nitrogens is 1. The third-order valence-electron chi connectivity index (χ3n) is 10.8. The molecule has 11 heteroatoms. The van der Waals surface area contributed by atoms with Crippen LogP contribution < -0.4 is 4.74 Å². The van der Waals surface area contributed by atoms with E-state index in [1.54, 1.807) is 31.4 Å². The highest BCUT2D eigenvalue weighted by molar-refractivity contribution is 6.10. The Morgan fingerprint density at radius 2 is 1.26 bits per heavy atom. The first-order valence-corrected chi connectivity index (χ1v) is 22.6. The molecule has 0 aliphatic rings. The van der Waals surface area contributed by atoms with Crippen LogP contribution in [-0.2, 0) is 19.1 Å². The number of allylic oxidation sites excluding steroid dienone is 9. The third kappa shape index (κ3) is 15.5. The Kier molecular flexibility index (Phi) is 20.5. The van der Waals surface area contributed by atoms with E-state index in [0.29, 0.717) is 16.9 Å². The van der Waals surface area contributed by atoms with Crippen LogP contribution in [0, 0.1) is 28.0 Å². The molecule has 1 aromatic heterocycles. The number of fused-ring (bicyclic) bond motifs is 3. The van der Waals surface area contributed by atoms with E-state index >= 15 is 0 Å². The molecular formula is C57H56N4O7. The Labute approximate surface area is 398 Å². The second kappa shape index (κ2) is 27.4. The third-order valence-corrected chi connectivity index (χ3v) is 10.8. The number of nitrogens with zero attached hydrogens (tertiary/aromatic N) is 4. The summed E-state index contributed by atoms with van der Waals surface area (Å²) in [5.74, 6) is -0.447. The molecule has 0 radical (unpaired) electrons. The van der Waals surface area contributed by atoms with Crippen molar-refractivity contribution in [2.75, 3.05) is 20.3 Å². The zero-order valence-electron chi connectivity index (χ0n) is 38.6. The molecule has 0 bridgehead atoms. The fourth-order valence-corrected chi connectivity index (χ4v) is 7.30. The highest BCUT2D eigenvalue weighted by atomic mass is 16.6. The molecule has 0 aliphatic carbocycles. The molecule has 0 saturated heterocycles. The highest BCUT2D eigenvalue weighted by Crippen LogP contribution is 2.36. The summed E-state index contributed by atoms with van der Waals surface area (Å²) >= 11 is 0. The summed E-state index contributed by atoms with van der Waals surface area (Å²) in [7, 11) is 1.72. The number of nitro benzene ring substituents is 1. The standard InChI is InChI=1S/C57H56N4O7/c1-5-6-7-8-9-12-15-18-21-56(68-50-32-26-45(27-33-50)23-22-44-24-30-49(31-25-44)61(64)65)60-54-34-28-46(39-51(54)52-40-47(29-35-55(52)60)41-53(59-3)43(2)62)38-48(42-58)57(63)67-37-20-17-14-11-10-13-16-19-36-66-4/h5-9,12,15,18,21-35,38-41,56H,1,10-11,13-14,16-17,19-20,36-37H2,2,4H3/b7-6+,9-8+,15-12+,21-18+,23-22+,48-38+,53-41+. The zero-order valence-corrected chi connectivity index (χ0v) is 38.6. The highest BCUT2D eigenvalue weighted by Gasteiger charge is 2.20. The number of benzene rings is 4. The number of ketones is 1. The van der Waals surface area contributed by atoms with Gasteiger partial charge in [-0.15, -0.1) is 0 Å². The monoisotopic (exact) mass is 908 g/mol. The van der Waals surface area contributed by atoms with Gasteiger partial charge in [0.05, 0.1) is 29.1 Å². The molecule has 0 amide bonds. The van der Waals surface area contributed by atoms with Crippen molar-refractivity contribution in [2.45, 2.75) is 64.5 Å². The molecule has 0 N–H and O–H groups in total. The minimum absolute atomic E-state index is 0.00129. The number of rotatable bonds is 26. The van der Waals surface area contributed by atoms with E-state index in [2.05, 4.69) is 11.4 Å². The van der Waals surface area contributed by atoms with E-state index in [4.69, 9.17) is 20.8 Å². The van der Waals surface area contributed by atoms with Crippen LogP contribution in [0.25, 0.3) is 51.0 Å². The average Bonchev–Trinajstić information content (AvgIpc) is 3.66. The van der Waals surface area contributed by atoms with Crippen LogP contribution >= 0.6 is 0 Å². The van der Waals surface area contributed by atoms with Crippen LogP contribution in [0.15, 0.2) is 157 Å². The predicted octanol–water partition coefficient (Wildman–Crippen LogP) is 13.9. The number of nitriles is 1. The molecule has 4 aromatic carbocycles. The van der Waals surface area contributed by atoms with Gasteiger partial charge in [0.2, 0.25) is 5.70 Å². The van der Waals surface area contributed by atoms with E-state index < -0.39 is 17.1 Å². The molecular weight excluding hydrogens is 853 g/mol. The fraction of sp³-hybridized carbons (Fsp3) is 0.228. The van der Waals surface area contributed by atoms with Crippen LogP contribution in [0.2, 0.25) is 0 Å². The fourth-order valence-electron chi connectivity index (χ4n) is 7.30. The van der Waals surface area contributed by atoms with Crippen molar-refractivity contribution < 1.29 is 28.7 Å². The maximum absolute atomic E-state index is 13.1. The Bertz CT molecular complexity index is 2840. The number of unbranched alkanes of at least 4 members (excludes halogenated alkanes) is 7. The largest absolute Gasteiger partial charge is 0.467 e. The number of esters is 1. The van der Waals surface area contributed by atoms with E-state index in [1.807, 2.05) is 132 Å². The number of non-ortho nitro benzene ring substituents is 1. The van der Waals surface area contributed by atoms with Crippen molar-refractivity contribution in [1.29, 1.82) is 5.26 Å². The van der Waals surface area contributed by atoms with Gasteiger partial charge in [-0.2, -0.15) is 5.26 Å². The van der Waals surface area contributed by atoms with Gasteiger partial charge in [-0.25, -0.2) is 9.64 Å². The summed E-state index contributed by atoms with van der Waals surface area (Å²) in [5, 5.41) is 22.7. The summed E-state index contributed by atoms with van der Waals surface area (Å²) in [5.41, 5.74) is 4.43. The van der Waals surface area contributed by atoms with Crippen LogP contribution in [0.1, 0.15) is 86.8 Å². The van der Waals surface area contributed by atoms with Gasteiger partial charge in [0, 0.05) is 36.6 Å². The van der Waals surface area contributed by atoms with Gasteiger partial charge in [0.1, 0.15) is 17.4 Å². The lowest BCUT2D eigenvalue weighted by Gasteiger charge is -2.20. The Balaban J connectivity index is 1.48. The number of carbonyl (C=O) groups is 2. The molecule has 1 atom stereocenters. The first-order chi connectivity index (χ1) is 33.1. The molecule has 0 saturated carbocycles.